The number of hydrogen-bond donors (Lipinski definition) is 1. The van der Waals surface area contributed by atoms with Gasteiger partial charge in [0.25, 0.3) is 0 Å². The predicted molar refractivity (Wildman–Crippen MR) is 60.8 cm³/mol. The summed E-state index contributed by atoms with van der Waals surface area (Å²) in [7, 11) is 0. The highest BCUT2D eigenvalue weighted by Gasteiger charge is 2.19. The Morgan fingerprint density at radius 1 is 1.35 bits per heavy atom. The van der Waals surface area contributed by atoms with Crippen molar-refractivity contribution in [3.8, 4) is 5.88 Å². The molecular formula is C11H13N3O3. The highest BCUT2D eigenvalue weighted by Crippen LogP contribution is 2.20. The number of nitrogens with one attached hydrogen (secondary N) is 1. The average Bonchev–Trinajstić information content (AvgIpc) is 2.63. The van der Waals surface area contributed by atoms with Crippen molar-refractivity contribution >= 4 is 17.2 Å². The van der Waals surface area contributed by atoms with Crippen molar-refractivity contribution in [3.63, 3.8) is 0 Å². The summed E-state index contributed by atoms with van der Waals surface area (Å²) in [6.07, 6.45) is 2.23. The summed E-state index contributed by atoms with van der Waals surface area (Å²) in [5.41, 5.74) is 0.0139. The standard InChI is InChI=1S/C11H13N3O3/c1-11(2,3)17-10(15)16-9-7-4-5-12-8(7)13-6-14-9/h4-6H,1-3H3,(H,12,13,14). The molecular weight excluding hydrogens is 222 g/mol. The molecule has 90 valence electrons. The average molecular weight is 235 g/mol. The first-order valence-electron chi connectivity index (χ1n) is 5.14. The van der Waals surface area contributed by atoms with Gasteiger partial charge in [-0.1, -0.05) is 0 Å². The molecule has 0 aliphatic rings. The van der Waals surface area contributed by atoms with Crippen LogP contribution in [-0.2, 0) is 4.74 Å². The van der Waals surface area contributed by atoms with E-state index in [4.69, 9.17) is 9.47 Å². The van der Waals surface area contributed by atoms with E-state index in [9.17, 15) is 4.79 Å². The van der Waals surface area contributed by atoms with Crippen LogP contribution in [0.1, 0.15) is 20.8 Å². The van der Waals surface area contributed by atoms with Crippen LogP contribution in [0.25, 0.3) is 11.0 Å². The molecule has 0 spiro atoms. The second-order valence-corrected chi connectivity index (χ2v) is 4.49. The molecule has 17 heavy (non-hydrogen) atoms. The van der Waals surface area contributed by atoms with Crippen molar-refractivity contribution in [2.24, 2.45) is 0 Å². The Labute approximate surface area is 98.0 Å². The van der Waals surface area contributed by atoms with E-state index in [0.29, 0.717) is 11.0 Å². The van der Waals surface area contributed by atoms with Gasteiger partial charge in [-0.05, 0) is 26.8 Å². The molecule has 0 radical (unpaired) electrons. The number of ether oxygens (including phenoxy) is 2. The number of fused-ring (bicyclic) bond motifs is 1. The van der Waals surface area contributed by atoms with Crippen LogP contribution in [0.5, 0.6) is 5.88 Å². The van der Waals surface area contributed by atoms with Gasteiger partial charge in [-0.15, -0.1) is 0 Å². The van der Waals surface area contributed by atoms with E-state index in [1.165, 1.54) is 6.33 Å². The first kappa shape index (κ1) is 11.4. The van der Waals surface area contributed by atoms with Crippen molar-refractivity contribution in [1.82, 2.24) is 15.0 Å². The van der Waals surface area contributed by atoms with Gasteiger partial charge in [0.2, 0.25) is 5.88 Å². The number of rotatable bonds is 1. The molecule has 0 unspecified atom stereocenters. The summed E-state index contributed by atoms with van der Waals surface area (Å²) in [6.45, 7) is 5.29. The maximum Gasteiger partial charge on any atom is 0.515 e. The van der Waals surface area contributed by atoms with E-state index >= 15 is 0 Å². The lowest BCUT2D eigenvalue weighted by Crippen LogP contribution is -2.26. The fraction of sp³-hybridized carbons (Fsp3) is 0.364. The lowest BCUT2D eigenvalue weighted by atomic mass is 10.2. The Hall–Kier alpha value is -2.11. The van der Waals surface area contributed by atoms with E-state index < -0.39 is 11.8 Å². The fourth-order valence-electron chi connectivity index (χ4n) is 1.28. The van der Waals surface area contributed by atoms with Crippen LogP contribution in [0.15, 0.2) is 18.6 Å². The Kier molecular flexibility index (Phi) is 2.71. The number of H-pyrrole nitrogens is 1. The third-order valence-electron chi connectivity index (χ3n) is 1.89. The normalized spacial score (nSPS) is 11.5. The first-order chi connectivity index (χ1) is 7.96. The second-order valence-electron chi connectivity index (χ2n) is 4.49. The molecule has 2 aromatic rings. The summed E-state index contributed by atoms with van der Waals surface area (Å²) < 4.78 is 10.1. The molecule has 0 fully saturated rings. The summed E-state index contributed by atoms with van der Waals surface area (Å²) in [6, 6.07) is 1.73. The predicted octanol–water partition coefficient (Wildman–Crippen LogP) is 2.27. The fourth-order valence-corrected chi connectivity index (χ4v) is 1.28. The molecule has 2 aromatic heterocycles. The van der Waals surface area contributed by atoms with Crippen LogP contribution in [0.3, 0.4) is 0 Å². The van der Waals surface area contributed by atoms with E-state index in [1.807, 2.05) is 0 Å². The molecule has 0 saturated carbocycles. The molecule has 6 nitrogen and oxygen atoms in total. The van der Waals surface area contributed by atoms with Crippen LogP contribution in [-0.4, -0.2) is 26.7 Å². The number of nitrogens with zero attached hydrogens (tertiary/aromatic N) is 2. The van der Waals surface area contributed by atoms with Gasteiger partial charge in [0.15, 0.2) is 0 Å². The molecule has 6 heteroatoms. The van der Waals surface area contributed by atoms with Crippen LogP contribution >= 0.6 is 0 Å². The smallest absolute Gasteiger partial charge is 0.428 e. The maximum atomic E-state index is 11.5. The Morgan fingerprint density at radius 3 is 2.82 bits per heavy atom. The summed E-state index contributed by atoms with van der Waals surface area (Å²) >= 11 is 0. The number of aromatic nitrogens is 3. The number of aromatic amines is 1. The van der Waals surface area contributed by atoms with Crippen LogP contribution < -0.4 is 4.74 Å². The Bertz CT molecular complexity index is 542. The SMILES string of the molecule is CC(C)(C)OC(=O)Oc1ncnc2[nH]ccc12. The van der Waals surface area contributed by atoms with Gasteiger partial charge in [0.05, 0.1) is 5.39 Å². The number of hydrogen-bond acceptors (Lipinski definition) is 5. The third kappa shape index (κ3) is 2.72. The van der Waals surface area contributed by atoms with Gasteiger partial charge in [-0.3, -0.25) is 0 Å². The molecule has 2 heterocycles. The second kappa shape index (κ2) is 4.04. The lowest BCUT2D eigenvalue weighted by molar-refractivity contribution is 0.0200. The van der Waals surface area contributed by atoms with Crippen molar-refractivity contribution in [2.75, 3.05) is 0 Å². The van der Waals surface area contributed by atoms with Gasteiger partial charge < -0.3 is 14.5 Å². The van der Waals surface area contributed by atoms with E-state index in [0.717, 1.165) is 0 Å². The third-order valence-corrected chi connectivity index (χ3v) is 1.89. The van der Waals surface area contributed by atoms with Gasteiger partial charge in [0.1, 0.15) is 17.6 Å². The van der Waals surface area contributed by atoms with E-state index in [-0.39, 0.29) is 5.88 Å². The van der Waals surface area contributed by atoms with Crippen LogP contribution in [0, 0.1) is 0 Å². The highest BCUT2D eigenvalue weighted by atomic mass is 16.7. The molecule has 0 aliphatic heterocycles. The number of carbonyl (C=O) groups excluding carboxylic acids is 1. The quantitative estimate of drug-likeness (QED) is 0.767. The zero-order valence-electron chi connectivity index (χ0n) is 9.85. The van der Waals surface area contributed by atoms with Crippen molar-refractivity contribution in [3.05, 3.63) is 18.6 Å². The topological polar surface area (TPSA) is 77.1 Å². The Balaban J connectivity index is 2.18. The van der Waals surface area contributed by atoms with Gasteiger partial charge in [-0.25, -0.2) is 14.8 Å². The van der Waals surface area contributed by atoms with Gasteiger partial charge in [0, 0.05) is 6.20 Å². The molecule has 0 bridgehead atoms. The van der Waals surface area contributed by atoms with Crippen molar-refractivity contribution < 1.29 is 14.3 Å². The minimum atomic E-state index is -0.779. The summed E-state index contributed by atoms with van der Waals surface area (Å²) in [4.78, 5) is 22.3. The summed E-state index contributed by atoms with van der Waals surface area (Å²) in [5, 5.41) is 0.637. The lowest BCUT2D eigenvalue weighted by Gasteiger charge is -2.18. The zero-order chi connectivity index (χ0) is 12.5. The molecule has 0 aliphatic carbocycles. The zero-order valence-corrected chi connectivity index (χ0v) is 9.85. The van der Waals surface area contributed by atoms with Crippen molar-refractivity contribution in [1.29, 1.82) is 0 Å². The molecule has 0 atom stereocenters. The van der Waals surface area contributed by atoms with Crippen molar-refractivity contribution in [2.45, 2.75) is 26.4 Å². The van der Waals surface area contributed by atoms with Gasteiger partial charge >= 0.3 is 6.16 Å². The minimum Gasteiger partial charge on any atom is -0.428 e. The summed E-state index contributed by atoms with van der Waals surface area (Å²) in [5.74, 6) is 0.186. The minimum absolute atomic E-state index is 0.186. The van der Waals surface area contributed by atoms with E-state index in [1.54, 1.807) is 33.0 Å². The monoisotopic (exact) mass is 235 g/mol. The highest BCUT2D eigenvalue weighted by molar-refractivity contribution is 5.82. The maximum absolute atomic E-state index is 11.5. The number of carbonyl (C=O) groups is 1. The largest absolute Gasteiger partial charge is 0.515 e. The van der Waals surface area contributed by atoms with Crippen LogP contribution in [0.2, 0.25) is 0 Å². The molecule has 0 aromatic carbocycles. The molecule has 2 rings (SSSR count). The molecule has 0 saturated heterocycles. The molecule has 0 amide bonds. The molecule has 1 N–H and O–H groups in total. The van der Waals surface area contributed by atoms with Crippen LogP contribution in [0.4, 0.5) is 4.79 Å². The van der Waals surface area contributed by atoms with E-state index in [2.05, 4.69) is 15.0 Å². The Morgan fingerprint density at radius 2 is 2.12 bits per heavy atom. The first-order valence-corrected chi connectivity index (χ1v) is 5.14. The van der Waals surface area contributed by atoms with Gasteiger partial charge in [-0.2, -0.15) is 0 Å².